The lowest BCUT2D eigenvalue weighted by Crippen LogP contribution is -2.33. The van der Waals surface area contributed by atoms with Crippen LogP contribution in [0.5, 0.6) is 5.75 Å². The zero-order valence-corrected chi connectivity index (χ0v) is 16.9. The molecule has 0 amide bonds. The Bertz CT molecular complexity index is 1090. The maximum atomic E-state index is 13.3. The first-order valence-electron chi connectivity index (χ1n) is 9.28. The van der Waals surface area contributed by atoms with E-state index in [0.29, 0.717) is 23.2 Å². The third kappa shape index (κ3) is 3.12. The van der Waals surface area contributed by atoms with Crippen molar-refractivity contribution in [2.24, 2.45) is 5.41 Å². The normalized spacial score (nSPS) is 20.1. The Balaban J connectivity index is 1.99. The molecule has 3 heterocycles. The molecular weight excluding hydrogens is 404 g/mol. The number of carbonyl (C=O) groups is 1. The summed E-state index contributed by atoms with van der Waals surface area (Å²) in [6, 6.07) is 2.73. The molecule has 0 saturated carbocycles. The van der Waals surface area contributed by atoms with Crippen molar-refractivity contribution in [3.05, 3.63) is 50.3 Å². The van der Waals surface area contributed by atoms with Gasteiger partial charge in [0.05, 0.1) is 10.7 Å². The molecule has 1 aromatic heterocycles. The smallest absolute Gasteiger partial charge is 0.341 e. The summed E-state index contributed by atoms with van der Waals surface area (Å²) in [5, 5.41) is 9.59. The number of pyridine rings is 1. The lowest BCUT2D eigenvalue weighted by atomic mass is 9.77. The number of carboxylic acids is 1. The Labute approximate surface area is 170 Å². The highest BCUT2D eigenvalue weighted by molar-refractivity contribution is 6.32. The number of hydrogen-bond acceptors (Lipinski definition) is 3. The molecule has 2 aliphatic heterocycles. The van der Waals surface area contributed by atoms with Gasteiger partial charge in [-0.05, 0) is 23.5 Å². The number of alkyl halides is 2. The monoisotopic (exact) mass is 423 g/mol. The molecule has 2 atom stereocenters. The van der Waals surface area contributed by atoms with E-state index in [9.17, 15) is 23.5 Å². The summed E-state index contributed by atoms with van der Waals surface area (Å²) in [6.07, 6.45) is -1.97. The van der Waals surface area contributed by atoms with Gasteiger partial charge in [-0.25, -0.2) is 13.6 Å². The number of fused-ring (bicyclic) bond motifs is 5. The first-order valence-corrected chi connectivity index (χ1v) is 9.65. The second-order valence-corrected chi connectivity index (χ2v) is 9.03. The standard InChI is InChI=1S/C21H20ClF2NO4/c1-21(2,3)17-6-9-10(14-7-15(26)12(20(27)28)8-25(14)17)4-13(22)18-11(9)5-16(29-18)19(23)24/h4,7-8,16-17,19H,5-6H2,1-3H3,(H,27,28)/t16-,17+/m1/s1. The molecule has 0 radical (unpaired) electrons. The molecule has 5 nitrogen and oxygen atoms in total. The van der Waals surface area contributed by atoms with Crippen LogP contribution in [-0.2, 0) is 12.8 Å². The molecule has 1 N–H and O–H groups in total. The number of carboxylic acid groups (broad SMARTS) is 1. The summed E-state index contributed by atoms with van der Waals surface area (Å²) in [5.74, 6) is -1.01. The molecule has 4 rings (SSSR count). The number of rotatable bonds is 2. The minimum atomic E-state index is -2.64. The quantitative estimate of drug-likeness (QED) is 0.767. The van der Waals surface area contributed by atoms with Gasteiger partial charge in [-0.3, -0.25) is 4.79 Å². The third-order valence-corrected chi connectivity index (χ3v) is 6.01. The summed E-state index contributed by atoms with van der Waals surface area (Å²) in [6.45, 7) is 6.04. The van der Waals surface area contributed by atoms with Gasteiger partial charge in [0, 0.05) is 35.9 Å². The molecule has 0 spiro atoms. The van der Waals surface area contributed by atoms with Gasteiger partial charge in [-0.2, -0.15) is 0 Å². The molecule has 1 aromatic carbocycles. The fourth-order valence-electron chi connectivity index (χ4n) is 4.26. The summed E-state index contributed by atoms with van der Waals surface area (Å²) in [7, 11) is 0. The zero-order chi connectivity index (χ0) is 21.2. The van der Waals surface area contributed by atoms with Gasteiger partial charge in [0.25, 0.3) is 6.43 Å². The second kappa shape index (κ2) is 6.55. The lowest BCUT2D eigenvalue weighted by molar-refractivity contribution is 0.0246. The SMILES string of the molecule is CC(C)(C)[C@@H]1Cc2c(cc(Cl)c3c2C[C@H](C(F)F)O3)-c2cc(=O)c(C(=O)O)cn21. The van der Waals surface area contributed by atoms with Gasteiger partial charge >= 0.3 is 5.97 Å². The largest absolute Gasteiger partial charge is 0.482 e. The van der Waals surface area contributed by atoms with Crippen molar-refractivity contribution in [2.75, 3.05) is 0 Å². The van der Waals surface area contributed by atoms with Crippen LogP contribution >= 0.6 is 11.6 Å². The van der Waals surface area contributed by atoms with E-state index in [4.69, 9.17) is 16.3 Å². The molecule has 0 unspecified atom stereocenters. The summed E-state index contributed by atoms with van der Waals surface area (Å²) >= 11 is 6.34. The van der Waals surface area contributed by atoms with E-state index < -0.39 is 23.9 Å². The van der Waals surface area contributed by atoms with Crippen LogP contribution < -0.4 is 10.2 Å². The van der Waals surface area contributed by atoms with Crippen molar-refractivity contribution in [2.45, 2.75) is 52.2 Å². The van der Waals surface area contributed by atoms with Crippen molar-refractivity contribution < 1.29 is 23.4 Å². The molecule has 154 valence electrons. The minimum absolute atomic E-state index is 0.0458. The summed E-state index contributed by atoms with van der Waals surface area (Å²) < 4.78 is 33.8. The van der Waals surface area contributed by atoms with Crippen LogP contribution in [0.1, 0.15) is 48.3 Å². The molecule has 29 heavy (non-hydrogen) atoms. The van der Waals surface area contributed by atoms with Crippen LogP contribution in [-0.4, -0.2) is 28.2 Å². The van der Waals surface area contributed by atoms with E-state index in [1.54, 1.807) is 10.6 Å². The van der Waals surface area contributed by atoms with Gasteiger partial charge in [0.15, 0.2) is 11.5 Å². The first kappa shape index (κ1) is 19.9. The molecule has 8 heteroatoms. The predicted octanol–water partition coefficient (Wildman–Crippen LogP) is 4.58. The third-order valence-electron chi connectivity index (χ3n) is 5.73. The van der Waals surface area contributed by atoms with E-state index in [-0.39, 0.29) is 34.2 Å². The van der Waals surface area contributed by atoms with E-state index in [2.05, 4.69) is 0 Å². The number of hydrogen-bond donors (Lipinski definition) is 1. The summed E-state index contributed by atoms with van der Waals surface area (Å²) in [4.78, 5) is 23.9. The Morgan fingerprint density at radius 1 is 1.28 bits per heavy atom. The average Bonchev–Trinajstić information content (AvgIpc) is 3.06. The van der Waals surface area contributed by atoms with Crippen LogP contribution in [0.25, 0.3) is 11.3 Å². The molecule has 2 aliphatic rings. The number of nitrogens with zero attached hydrogens (tertiary/aromatic N) is 1. The minimum Gasteiger partial charge on any atom is -0.482 e. The van der Waals surface area contributed by atoms with Crippen LogP contribution in [0.2, 0.25) is 5.02 Å². The van der Waals surface area contributed by atoms with Crippen molar-refractivity contribution in [3.8, 4) is 17.0 Å². The Morgan fingerprint density at radius 2 is 1.97 bits per heavy atom. The van der Waals surface area contributed by atoms with Crippen molar-refractivity contribution in [1.82, 2.24) is 4.57 Å². The van der Waals surface area contributed by atoms with Gasteiger partial charge < -0.3 is 14.4 Å². The zero-order valence-electron chi connectivity index (χ0n) is 16.1. The van der Waals surface area contributed by atoms with Crippen molar-refractivity contribution in [3.63, 3.8) is 0 Å². The van der Waals surface area contributed by atoms with Gasteiger partial charge in [0.1, 0.15) is 11.3 Å². The predicted molar refractivity (Wildman–Crippen MR) is 104 cm³/mol. The molecule has 2 aromatic rings. The summed E-state index contributed by atoms with van der Waals surface area (Å²) in [5.41, 5.74) is 1.46. The number of halogens is 3. The van der Waals surface area contributed by atoms with Gasteiger partial charge in [-0.1, -0.05) is 32.4 Å². The first-order chi connectivity index (χ1) is 13.5. The van der Waals surface area contributed by atoms with E-state index in [1.165, 1.54) is 12.3 Å². The topological polar surface area (TPSA) is 68.5 Å². The number of aromatic carboxylic acids is 1. The highest BCUT2D eigenvalue weighted by Crippen LogP contribution is 2.49. The lowest BCUT2D eigenvalue weighted by Gasteiger charge is -2.39. The van der Waals surface area contributed by atoms with Crippen LogP contribution in [0, 0.1) is 5.41 Å². The molecule has 0 fully saturated rings. The van der Waals surface area contributed by atoms with Crippen molar-refractivity contribution >= 4 is 17.6 Å². The molecule has 0 saturated heterocycles. The maximum Gasteiger partial charge on any atom is 0.341 e. The van der Waals surface area contributed by atoms with Crippen LogP contribution in [0.3, 0.4) is 0 Å². The van der Waals surface area contributed by atoms with Crippen molar-refractivity contribution in [1.29, 1.82) is 0 Å². The number of ether oxygens (including phenoxy) is 1. The molecule has 0 aliphatic carbocycles. The fraction of sp³-hybridized carbons (Fsp3) is 0.429. The molecule has 0 bridgehead atoms. The highest BCUT2D eigenvalue weighted by atomic mass is 35.5. The Morgan fingerprint density at radius 3 is 2.55 bits per heavy atom. The number of aromatic nitrogens is 1. The van der Waals surface area contributed by atoms with E-state index >= 15 is 0 Å². The van der Waals surface area contributed by atoms with Gasteiger partial charge in [0.2, 0.25) is 0 Å². The maximum absolute atomic E-state index is 13.3. The van der Waals surface area contributed by atoms with Crippen LogP contribution in [0.4, 0.5) is 8.78 Å². The highest BCUT2D eigenvalue weighted by Gasteiger charge is 2.40. The van der Waals surface area contributed by atoms with E-state index in [0.717, 1.165) is 5.56 Å². The Hall–Kier alpha value is -2.41. The Kier molecular flexibility index (Phi) is 4.49. The van der Waals surface area contributed by atoms with Crippen LogP contribution in [0.15, 0.2) is 23.1 Å². The molecular formula is C21H20ClF2NO4. The number of benzene rings is 1. The second-order valence-electron chi connectivity index (χ2n) is 8.62. The fourth-order valence-corrected chi connectivity index (χ4v) is 4.53. The average molecular weight is 424 g/mol. The van der Waals surface area contributed by atoms with Gasteiger partial charge in [-0.15, -0.1) is 0 Å². The van der Waals surface area contributed by atoms with E-state index in [1.807, 2.05) is 20.8 Å².